The smallest absolute Gasteiger partial charge is 0.416 e. The van der Waals surface area contributed by atoms with Crippen LogP contribution in [0, 0.1) is 12.7 Å². The Hall–Kier alpha value is -2.65. The van der Waals surface area contributed by atoms with Gasteiger partial charge in [-0.05, 0) is 37.1 Å². The number of rotatable bonds is 4. The fraction of sp³-hybridized carbons (Fsp3) is 0.364. The summed E-state index contributed by atoms with van der Waals surface area (Å²) in [5, 5.41) is 5.18. The van der Waals surface area contributed by atoms with Gasteiger partial charge >= 0.3 is 12.1 Å². The number of esters is 1. The molecular weight excluding hydrogens is 450 g/mol. The van der Waals surface area contributed by atoms with E-state index in [0.717, 1.165) is 6.07 Å². The molecule has 170 valence electrons. The van der Waals surface area contributed by atoms with Crippen LogP contribution < -0.4 is 0 Å². The van der Waals surface area contributed by atoms with Crippen molar-refractivity contribution in [1.82, 2.24) is 14.7 Å². The Kier molecular flexibility index (Phi) is 5.89. The number of aromatic nitrogens is 2. The highest BCUT2D eigenvalue weighted by Crippen LogP contribution is 2.36. The molecular formula is C22H20ClF4N3O2. The van der Waals surface area contributed by atoms with Crippen LogP contribution in [-0.2, 0) is 17.5 Å². The molecule has 0 aliphatic carbocycles. The standard InChI is InChI=1S/C22H20ClF4N3O2/c1-12-16-8-17(21(31)32-2)19(24)9-20(16)30(28-12)15-5-6-29(11-15)10-13-3-4-14(23)7-18(13)22(25,26)27/h3-4,7-9,15H,5-6,10-11H2,1-2H3. The zero-order chi connectivity index (χ0) is 23.2. The number of benzene rings is 2. The van der Waals surface area contributed by atoms with E-state index in [0.29, 0.717) is 36.1 Å². The van der Waals surface area contributed by atoms with Gasteiger partial charge in [0, 0.05) is 36.1 Å². The SMILES string of the molecule is COC(=O)c1cc2c(C)nn(C3CCN(Cc4ccc(Cl)cc4C(F)(F)F)C3)c2cc1F. The molecule has 0 N–H and O–H groups in total. The molecule has 5 nitrogen and oxygen atoms in total. The molecule has 3 aromatic rings. The van der Waals surface area contributed by atoms with E-state index in [1.54, 1.807) is 11.6 Å². The van der Waals surface area contributed by atoms with Crippen LogP contribution >= 0.6 is 11.6 Å². The van der Waals surface area contributed by atoms with E-state index in [1.807, 2.05) is 4.90 Å². The predicted molar refractivity (Wildman–Crippen MR) is 111 cm³/mol. The fourth-order valence-electron chi connectivity index (χ4n) is 4.20. The van der Waals surface area contributed by atoms with Crippen molar-refractivity contribution < 1.29 is 27.1 Å². The Bertz CT molecular complexity index is 1190. The Labute approximate surface area is 186 Å². The Morgan fingerprint density at radius 2 is 2.03 bits per heavy atom. The topological polar surface area (TPSA) is 47.4 Å². The highest BCUT2D eigenvalue weighted by atomic mass is 35.5. The van der Waals surface area contributed by atoms with Gasteiger partial charge in [0.15, 0.2) is 0 Å². The van der Waals surface area contributed by atoms with Crippen molar-refractivity contribution in [2.24, 2.45) is 0 Å². The van der Waals surface area contributed by atoms with Crippen LogP contribution in [0.3, 0.4) is 0 Å². The van der Waals surface area contributed by atoms with Crippen molar-refractivity contribution in [2.45, 2.75) is 32.1 Å². The van der Waals surface area contributed by atoms with Gasteiger partial charge in [0.05, 0.1) is 35.5 Å². The molecule has 4 rings (SSSR count). The molecule has 1 fully saturated rings. The Morgan fingerprint density at radius 3 is 2.72 bits per heavy atom. The van der Waals surface area contributed by atoms with Gasteiger partial charge in [0.1, 0.15) is 5.82 Å². The number of fused-ring (bicyclic) bond motifs is 1. The number of methoxy groups -OCH3 is 1. The Morgan fingerprint density at radius 1 is 1.28 bits per heavy atom. The second-order valence-corrected chi connectivity index (χ2v) is 8.28. The van der Waals surface area contributed by atoms with Gasteiger partial charge in [-0.3, -0.25) is 9.58 Å². The summed E-state index contributed by atoms with van der Waals surface area (Å²) in [6, 6.07) is 6.32. The summed E-state index contributed by atoms with van der Waals surface area (Å²) >= 11 is 5.77. The first-order valence-electron chi connectivity index (χ1n) is 9.93. The number of aryl methyl sites for hydroxylation is 1. The molecule has 10 heteroatoms. The molecule has 0 radical (unpaired) electrons. The number of hydrogen-bond donors (Lipinski definition) is 0. The summed E-state index contributed by atoms with van der Waals surface area (Å²) in [6.07, 6.45) is -3.85. The summed E-state index contributed by atoms with van der Waals surface area (Å²) in [4.78, 5) is 13.7. The number of hydrogen-bond acceptors (Lipinski definition) is 4. The van der Waals surface area contributed by atoms with Crippen molar-refractivity contribution in [2.75, 3.05) is 20.2 Å². The van der Waals surface area contributed by atoms with Crippen molar-refractivity contribution in [1.29, 1.82) is 0 Å². The van der Waals surface area contributed by atoms with Crippen molar-refractivity contribution >= 4 is 28.5 Å². The van der Waals surface area contributed by atoms with Crippen LogP contribution in [0.15, 0.2) is 30.3 Å². The number of ether oxygens (including phenoxy) is 1. The molecule has 1 aromatic heterocycles. The predicted octanol–water partition coefficient (Wildman–Crippen LogP) is 5.39. The second kappa shape index (κ2) is 8.37. The average molecular weight is 470 g/mol. The maximum absolute atomic E-state index is 14.5. The summed E-state index contributed by atoms with van der Waals surface area (Å²) < 4.78 is 61.1. The van der Waals surface area contributed by atoms with E-state index in [9.17, 15) is 22.4 Å². The largest absolute Gasteiger partial charge is 0.465 e. The first-order valence-corrected chi connectivity index (χ1v) is 10.3. The first-order chi connectivity index (χ1) is 15.1. The molecule has 32 heavy (non-hydrogen) atoms. The number of alkyl halides is 3. The van der Waals surface area contributed by atoms with E-state index in [1.165, 1.54) is 31.4 Å². The van der Waals surface area contributed by atoms with Crippen LogP contribution in [0.5, 0.6) is 0 Å². The van der Waals surface area contributed by atoms with E-state index in [2.05, 4.69) is 9.84 Å². The monoisotopic (exact) mass is 469 g/mol. The van der Waals surface area contributed by atoms with Gasteiger partial charge in [0.25, 0.3) is 0 Å². The van der Waals surface area contributed by atoms with Crippen molar-refractivity contribution in [3.63, 3.8) is 0 Å². The maximum atomic E-state index is 14.5. The van der Waals surface area contributed by atoms with Gasteiger partial charge < -0.3 is 4.74 Å². The van der Waals surface area contributed by atoms with Crippen LogP contribution in [0.2, 0.25) is 5.02 Å². The average Bonchev–Trinajstić information content (AvgIpc) is 3.31. The molecule has 1 atom stereocenters. The van der Waals surface area contributed by atoms with Gasteiger partial charge in [-0.15, -0.1) is 0 Å². The van der Waals surface area contributed by atoms with Gasteiger partial charge in [-0.2, -0.15) is 18.3 Å². The molecule has 0 bridgehead atoms. The minimum Gasteiger partial charge on any atom is -0.465 e. The highest BCUT2D eigenvalue weighted by Gasteiger charge is 2.35. The number of likely N-dealkylation sites (tertiary alicyclic amines) is 1. The highest BCUT2D eigenvalue weighted by molar-refractivity contribution is 6.30. The third-order valence-electron chi connectivity index (χ3n) is 5.75. The van der Waals surface area contributed by atoms with Gasteiger partial charge in [0.2, 0.25) is 0 Å². The molecule has 2 heterocycles. The summed E-state index contributed by atoms with van der Waals surface area (Å²) in [7, 11) is 1.18. The molecule has 0 spiro atoms. The van der Waals surface area contributed by atoms with E-state index < -0.39 is 23.5 Å². The normalized spacial score (nSPS) is 17.3. The zero-order valence-corrected chi connectivity index (χ0v) is 18.1. The Balaban J connectivity index is 1.60. The van der Waals surface area contributed by atoms with Crippen molar-refractivity contribution in [3.8, 4) is 0 Å². The van der Waals surface area contributed by atoms with Crippen molar-refractivity contribution in [3.05, 3.63) is 63.6 Å². The van der Waals surface area contributed by atoms with Crippen LogP contribution in [-0.4, -0.2) is 40.8 Å². The van der Waals surface area contributed by atoms with Gasteiger partial charge in [-0.1, -0.05) is 17.7 Å². The molecule has 1 aliphatic heterocycles. The van der Waals surface area contributed by atoms with Crippen LogP contribution in [0.4, 0.5) is 17.6 Å². The lowest BCUT2D eigenvalue weighted by Crippen LogP contribution is -2.23. The zero-order valence-electron chi connectivity index (χ0n) is 17.3. The number of carbonyl (C=O) groups excluding carboxylic acids is 1. The van der Waals surface area contributed by atoms with E-state index in [-0.39, 0.29) is 28.7 Å². The quantitative estimate of drug-likeness (QED) is 0.380. The number of carbonyl (C=O) groups is 1. The van der Waals surface area contributed by atoms with Crippen LogP contribution in [0.25, 0.3) is 10.9 Å². The van der Waals surface area contributed by atoms with Gasteiger partial charge in [-0.25, -0.2) is 9.18 Å². The molecule has 1 unspecified atom stereocenters. The summed E-state index contributed by atoms with van der Waals surface area (Å²) in [5.41, 5.74) is 0.393. The molecule has 1 aliphatic rings. The maximum Gasteiger partial charge on any atom is 0.416 e. The molecule has 0 amide bonds. The lowest BCUT2D eigenvalue weighted by molar-refractivity contribution is -0.138. The molecule has 1 saturated heterocycles. The minimum atomic E-state index is -4.50. The number of halogens is 5. The van der Waals surface area contributed by atoms with E-state index >= 15 is 0 Å². The number of nitrogens with zero attached hydrogens (tertiary/aromatic N) is 3. The molecule has 2 aromatic carbocycles. The first kappa shape index (κ1) is 22.5. The summed E-state index contributed by atoms with van der Waals surface area (Å²) in [5.74, 6) is -1.48. The third-order valence-corrected chi connectivity index (χ3v) is 5.98. The summed E-state index contributed by atoms with van der Waals surface area (Å²) in [6.45, 7) is 2.89. The fourth-order valence-corrected chi connectivity index (χ4v) is 4.38. The third kappa shape index (κ3) is 4.19. The lowest BCUT2D eigenvalue weighted by atomic mass is 10.1. The second-order valence-electron chi connectivity index (χ2n) is 7.85. The molecule has 0 saturated carbocycles. The van der Waals surface area contributed by atoms with E-state index in [4.69, 9.17) is 11.6 Å². The lowest BCUT2D eigenvalue weighted by Gasteiger charge is -2.20. The minimum absolute atomic E-state index is 0.0345. The van der Waals surface area contributed by atoms with Crippen LogP contribution in [0.1, 0.15) is 39.6 Å².